The van der Waals surface area contributed by atoms with E-state index in [0.717, 1.165) is 18.7 Å². The molecule has 2 amide bonds. The van der Waals surface area contributed by atoms with E-state index in [1.807, 2.05) is 25.7 Å². The van der Waals surface area contributed by atoms with E-state index in [1.165, 1.54) is 0 Å². The fourth-order valence-electron chi connectivity index (χ4n) is 1.06. The van der Waals surface area contributed by atoms with Crippen molar-refractivity contribution in [3.8, 4) is 0 Å². The molecule has 1 atom stereocenters. The van der Waals surface area contributed by atoms with E-state index in [1.54, 1.807) is 4.90 Å². The molecule has 0 aromatic rings. The minimum atomic E-state index is 0.0310. The summed E-state index contributed by atoms with van der Waals surface area (Å²) >= 11 is 1.82. The Morgan fingerprint density at radius 1 is 1.44 bits per heavy atom. The van der Waals surface area contributed by atoms with Gasteiger partial charge in [-0.25, -0.2) is 4.79 Å². The number of carbonyl (C=O) groups is 1. The summed E-state index contributed by atoms with van der Waals surface area (Å²) in [5.41, 5.74) is 0.107. The molecule has 96 valence electrons. The van der Waals surface area contributed by atoms with Gasteiger partial charge in [-0.05, 0) is 30.8 Å². The lowest BCUT2D eigenvalue weighted by Gasteiger charge is -2.30. The maximum Gasteiger partial charge on any atom is 0.317 e. The number of hydrogen-bond acceptors (Lipinski definition) is 2. The molecule has 0 aromatic heterocycles. The van der Waals surface area contributed by atoms with Crippen molar-refractivity contribution in [3.63, 3.8) is 0 Å². The Morgan fingerprint density at radius 3 is 2.44 bits per heavy atom. The van der Waals surface area contributed by atoms with E-state index in [-0.39, 0.29) is 17.5 Å². The quantitative estimate of drug-likeness (QED) is 0.757. The predicted molar refractivity (Wildman–Crippen MR) is 73.1 cm³/mol. The van der Waals surface area contributed by atoms with Crippen LogP contribution in [0.4, 0.5) is 4.79 Å². The van der Waals surface area contributed by atoms with Gasteiger partial charge in [-0.2, -0.15) is 11.8 Å². The first-order chi connectivity index (χ1) is 7.29. The van der Waals surface area contributed by atoms with Gasteiger partial charge in [0.05, 0.1) is 0 Å². The van der Waals surface area contributed by atoms with Crippen LogP contribution in [0.5, 0.6) is 0 Å². The van der Waals surface area contributed by atoms with Crippen LogP contribution in [0.3, 0.4) is 0 Å². The standard InChI is InChI=1S/C12H26N2OS/c1-10(12(2,3)4)13-11(15)14(5)8-7-9-16-6/h10H,7-9H2,1-6H3,(H,13,15)/t10-/m1/s1. The zero-order valence-corrected chi connectivity index (χ0v) is 12.3. The minimum absolute atomic E-state index is 0.0310. The van der Waals surface area contributed by atoms with Crippen LogP contribution in [-0.2, 0) is 0 Å². The second-order valence-corrected chi connectivity index (χ2v) is 6.29. The van der Waals surface area contributed by atoms with Crippen molar-refractivity contribution < 1.29 is 4.79 Å². The molecule has 0 bridgehead atoms. The molecule has 0 aliphatic rings. The minimum Gasteiger partial charge on any atom is -0.335 e. The lowest BCUT2D eigenvalue weighted by atomic mass is 9.88. The number of amides is 2. The number of nitrogens with one attached hydrogen (secondary N) is 1. The summed E-state index contributed by atoms with van der Waals surface area (Å²) in [7, 11) is 1.85. The molecule has 0 aliphatic heterocycles. The molecule has 0 rings (SSSR count). The molecular weight excluding hydrogens is 220 g/mol. The van der Waals surface area contributed by atoms with E-state index in [9.17, 15) is 4.79 Å². The predicted octanol–water partition coefficient (Wildman–Crippen LogP) is 2.82. The van der Waals surface area contributed by atoms with Crippen molar-refractivity contribution in [1.82, 2.24) is 10.2 Å². The number of urea groups is 1. The third-order valence-electron chi connectivity index (χ3n) is 2.83. The molecule has 0 saturated carbocycles. The van der Waals surface area contributed by atoms with Crippen LogP contribution in [0.1, 0.15) is 34.1 Å². The van der Waals surface area contributed by atoms with Gasteiger partial charge in [0, 0.05) is 19.6 Å². The maximum atomic E-state index is 11.8. The molecule has 1 N–H and O–H groups in total. The monoisotopic (exact) mass is 246 g/mol. The number of nitrogens with zero attached hydrogens (tertiary/aromatic N) is 1. The summed E-state index contributed by atoms with van der Waals surface area (Å²) in [5, 5.41) is 3.03. The van der Waals surface area contributed by atoms with E-state index < -0.39 is 0 Å². The molecule has 0 unspecified atom stereocenters. The van der Waals surface area contributed by atoms with Crippen LogP contribution in [0, 0.1) is 5.41 Å². The topological polar surface area (TPSA) is 32.3 Å². The molecule has 3 nitrogen and oxygen atoms in total. The number of thioether (sulfide) groups is 1. The Bertz CT molecular complexity index is 214. The van der Waals surface area contributed by atoms with Gasteiger partial charge < -0.3 is 10.2 Å². The van der Waals surface area contributed by atoms with Crippen LogP contribution in [-0.4, -0.2) is 42.6 Å². The van der Waals surface area contributed by atoms with E-state index >= 15 is 0 Å². The Kier molecular flexibility index (Phi) is 6.88. The lowest BCUT2D eigenvalue weighted by molar-refractivity contribution is 0.192. The number of rotatable bonds is 5. The molecule has 0 aliphatic carbocycles. The third kappa shape index (κ3) is 6.26. The fourth-order valence-corrected chi connectivity index (χ4v) is 1.48. The summed E-state index contributed by atoms with van der Waals surface area (Å²) in [5.74, 6) is 1.10. The average Bonchev–Trinajstić information content (AvgIpc) is 2.16. The average molecular weight is 246 g/mol. The molecule has 4 heteroatoms. The Hall–Kier alpha value is -0.380. The maximum absolute atomic E-state index is 11.8. The molecule has 0 spiro atoms. The van der Waals surface area contributed by atoms with Gasteiger partial charge >= 0.3 is 6.03 Å². The first-order valence-electron chi connectivity index (χ1n) is 5.79. The largest absolute Gasteiger partial charge is 0.335 e. The molecule has 0 aromatic carbocycles. The van der Waals surface area contributed by atoms with Gasteiger partial charge in [0.25, 0.3) is 0 Å². The van der Waals surface area contributed by atoms with Gasteiger partial charge in [-0.3, -0.25) is 0 Å². The first kappa shape index (κ1) is 15.6. The van der Waals surface area contributed by atoms with Crippen LogP contribution in [0.2, 0.25) is 0 Å². The van der Waals surface area contributed by atoms with E-state index in [0.29, 0.717) is 0 Å². The number of hydrogen-bond donors (Lipinski definition) is 1. The molecule has 0 heterocycles. The van der Waals surface area contributed by atoms with E-state index in [4.69, 9.17) is 0 Å². The highest BCUT2D eigenvalue weighted by Crippen LogP contribution is 2.18. The Balaban J connectivity index is 3.96. The van der Waals surface area contributed by atoms with Gasteiger partial charge in [0.15, 0.2) is 0 Å². The van der Waals surface area contributed by atoms with Gasteiger partial charge in [0.2, 0.25) is 0 Å². The van der Waals surface area contributed by atoms with E-state index in [2.05, 4.69) is 32.3 Å². The molecule has 0 radical (unpaired) electrons. The normalized spacial score (nSPS) is 13.4. The van der Waals surface area contributed by atoms with Crippen LogP contribution >= 0.6 is 11.8 Å². The van der Waals surface area contributed by atoms with Crippen molar-refractivity contribution >= 4 is 17.8 Å². The van der Waals surface area contributed by atoms with Crippen molar-refractivity contribution in [1.29, 1.82) is 0 Å². The van der Waals surface area contributed by atoms with Crippen molar-refractivity contribution in [2.45, 2.75) is 40.2 Å². The molecule has 0 saturated heterocycles. The molecule has 16 heavy (non-hydrogen) atoms. The first-order valence-corrected chi connectivity index (χ1v) is 7.19. The Morgan fingerprint density at radius 2 is 2.00 bits per heavy atom. The van der Waals surface area contributed by atoms with Crippen LogP contribution in [0.25, 0.3) is 0 Å². The summed E-state index contributed by atoms with van der Waals surface area (Å²) in [6.07, 6.45) is 3.14. The molecule has 0 fully saturated rings. The lowest BCUT2D eigenvalue weighted by Crippen LogP contribution is -2.47. The molecular formula is C12H26N2OS. The van der Waals surface area contributed by atoms with Gasteiger partial charge in [0.1, 0.15) is 0 Å². The Labute approximate surface area is 104 Å². The summed E-state index contributed by atoms with van der Waals surface area (Å²) in [6, 6.07) is 0.214. The van der Waals surface area contributed by atoms with Crippen LogP contribution < -0.4 is 5.32 Å². The second-order valence-electron chi connectivity index (χ2n) is 5.31. The fraction of sp³-hybridized carbons (Fsp3) is 0.917. The summed E-state index contributed by atoms with van der Waals surface area (Å²) in [6.45, 7) is 9.26. The van der Waals surface area contributed by atoms with Crippen LogP contribution in [0.15, 0.2) is 0 Å². The highest BCUT2D eigenvalue weighted by molar-refractivity contribution is 7.98. The smallest absolute Gasteiger partial charge is 0.317 e. The summed E-state index contributed by atoms with van der Waals surface area (Å²) < 4.78 is 0. The van der Waals surface area contributed by atoms with Gasteiger partial charge in [-0.1, -0.05) is 20.8 Å². The van der Waals surface area contributed by atoms with Gasteiger partial charge in [-0.15, -0.1) is 0 Å². The van der Waals surface area contributed by atoms with Crippen molar-refractivity contribution in [2.75, 3.05) is 25.6 Å². The SMILES string of the molecule is CSCCCN(C)C(=O)N[C@H](C)C(C)(C)C. The third-order valence-corrected chi connectivity index (χ3v) is 3.52. The number of carbonyl (C=O) groups excluding carboxylic acids is 1. The second kappa shape index (κ2) is 7.05. The summed E-state index contributed by atoms with van der Waals surface area (Å²) in [4.78, 5) is 13.6. The zero-order chi connectivity index (χ0) is 12.8. The van der Waals surface area contributed by atoms with Crippen molar-refractivity contribution in [2.24, 2.45) is 5.41 Å². The van der Waals surface area contributed by atoms with Crippen molar-refractivity contribution in [3.05, 3.63) is 0 Å². The highest BCUT2D eigenvalue weighted by Gasteiger charge is 2.22. The highest BCUT2D eigenvalue weighted by atomic mass is 32.2. The zero-order valence-electron chi connectivity index (χ0n) is 11.5.